The number of aliphatic imine (C=N–C) groups is 1. The number of ether oxygens (including phenoxy) is 1. The highest BCUT2D eigenvalue weighted by molar-refractivity contribution is 9.10. The Morgan fingerprint density at radius 1 is 1.11 bits per heavy atom. The SMILES string of the molecule is COc1ccc(N=C2NC(=O)/C(=C/c3cc(Br)ccc3OS(=O)(=O)c3cccc([N+](=O)[O-])c3)S2)cc1. The number of rotatable bonds is 7. The van der Waals surface area contributed by atoms with Gasteiger partial charge in [0.25, 0.3) is 11.6 Å². The molecule has 1 aliphatic rings. The Kier molecular flexibility index (Phi) is 7.43. The van der Waals surface area contributed by atoms with E-state index < -0.39 is 20.9 Å². The van der Waals surface area contributed by atoms with Crippen molar-refractivity contribution in [2.24, 2.45) is 4.99 Å². The molecular formula is C23H16BrN3O7S2. The molecule has 0 spiro atoms. The van der Waals surface area contributed by atoms with Crippen molar-refractivity contribution in [1.82, 2.24) is 5.32 Å². The number of amidine groups is 1. The van der Waals surface area contributed by atoms with E-state index in [1.165, 1.54) is 30.3 Å². The highest BCUT2D eigenvalue weighted by Gasteiger charge is 2.26. The largest absolute Gasteiger partial charge is 0.497 e. The van der Waals surface area contributed by atoms with Crippen molar-refractivity contribution in [1.29, 1.82) is 0 Å². The number of thioether (sulfide) groups is 1. The van der Waals surface area contributed by atoms with Crippen molar-refractivity contribution < 1.29 is 27.1 Å². The predicted octanol–water partition coefficient (Wildman–Crippen LogP) is 5.03. The number of amides is 1. The van der Waals surface area contributed by atoms with E-state index in [1.54, 1.807) is 43.5 Å². The summed E-state index contributed by atoms with van der Waals surface area (Å²) >= 11 is 4.40. The van der Waals surface area contributed by atoms with Crippen LogP contribution in [0.1, 0.15) is 5.56 Å². The molecule has 3 aromatic carbocycles. The van der Waals surface area contributed by atoms with Crippen molar-refractivity contribution in [2.45, 2.75) is 4.90 Å². The van der Waals surface area contributed by atoms with Gasteiger partial charge in [-0.3, -0.25) is 14.9 Å². The minimum Gasteiger partial charge on any atom is -0.497 e. The fraction of sp³-hybridized carbons (Fsp3) is 0.0435. The van der Waals surface area contributed by atoms with Gasteiger partial charge in [-0.15, -0.1) is 0 Å². The van der Waals surface area contributed by atoms with Gasteiger partial charge in [-0.2, -0.15) is 8.42 Å². The van der Waals surface area contributed by atoms with E-state index in [0.29, 0.717) is 26.6 Å². The number of benzene rings is 3. The number of hydrogen-bond acceptors (Lipinski definition) is 9. The van der Waals surface area contributed by atoms with Gasteiger partial charge in [0.15, 0.2) is 5.17 Å². The van der Waals surface area contributed by atoms with Gasteiger partial charge in [-0.25, -0.2) is 4.99 Å². The summed E-state index contributed by atoms with van der Waals surface area (Å²) in [7, 11) is -2.84. The van der Waals surface area contributed by atoms with Gasteiger partial charge in [0.05, 0.1) is 22.6 Å². The summed E-state index contributed by atoms with van der Waals surface area (Å²) in [5.41, 5.74) is 0.511. The summed E-state index contributed by atoms with van der Waals surface area (Å²) in [4.78, 5) is 27.2. The minimum absolute atomic E-state index is 0.0638. The van der Waals surface area contributed by atoms with E-state index in [0.717, 1.165) is 17.8 Å². The molecule has 13 heteroatoms. The van der Waals surface area contributed by atoms with Gasteiger partial charge < -0.3 is 14.2 Å². The molecule has 184 valence electrons. The van der Waals surface area contributed by atoms with Crippen molar-refractivity contribution in [3.63, 3.8) is 0 Å². The third-order valence-electron chi connectivity index (χ3n) is 4.73. The predicted molar refractivity (Wildman–Crippen MR) is 139 cm³/mol. The molecule has 0 unspecified atom stereocenters. The number of non-ortho nitro benzene ring substituents is 1. The zero-order valence-electron chi connectivity index (χ0n) is 18.4. The number of carbonyl (C=O) groups excluding carboxylic acids is 1. The van der Waals surface area contributed by atoms with Crippen LogP contribution in [0.3, 0.4) is 0 Å². The molecule has 0 aliphatic carbocycles. The molecule has 1 N–H and O–H groups in total. The van der Waals surface area contributed by atoms with Gasteiger partial charge in [0.1, 0.15) is 16.4 Å². The molecule has 1 heterocycles. The summed E-state index contributed by atoms with van der Waals surface area (Å²) < 4.78 is 36.7. The molecule has 0 atom stereocenters. The van der Waals surface area contributed by atoms with Crippen LogP contribution in [0.5, 0.6) is 11.5 Å². The number of halogens is 1. The zero-order chi connectivity index (χ0) is 25.9. The molecule has 1 aliphatic heterocycles. The Balaban J connectivity index is 1.62. The second kappa shape index (κ2) is 10.5. The van der Waals surface area contributed by atoms with E-state index in [2.05, 4.69) is 26.2 Å². The quantitative estimate of drug-likeness (QED) is 0.175. The van der Waals surface area contributed by atoms with Crippen LogP contribution in [0, 0.1) is 10.1 Å². The topological polar surface area (TPSA) is 137 Å². The maximum atomic E-state index is 12.8. The number of hydrogen-bond donors (Lipinski definition) is 1. The molecule has 1 saturated heterocycles. The van der Waals surface area contributed by atoms with E-state index in [1.807, 2.05) is 0 Å². The van der Waals surface area contributed by atoms with E-state index >= 15 is 0 Å². The number of nitro benzene ring substituents is 1. The summed E-state index contributed by atoms with van der Waals surface area (Å²) in [6.07, 6.45) is 1.47. The van der Waals surface area contributed by atoms with Crippen LogP contribution >= 0.6 is 27.7 Å². The van der Waals surface area contributed by atoms with E-state index in [9.17, 15) is 23.3 Å². The molecule has 4 rings (SSSR count). The summed E-state index contributed by atoms with van der Waals surface area (Å²) in [5.74, 6) is 0.191. The highest BCUT2D eigenvalue weighted by atomic mass is 79.9. The summed E-state index contributed by atoms with van der Waals surface area (Å²) in [5, 5.41) is 14.0. The first-order valence-corrected chi connectivity index (χ1v) is 13.1. The van der Waals surface area contributed by atoms with Crippen LogP contribution in [0.2, 0.25) is 0 Å². The fourth-order valence-electron chi connectivity index (χ4n) is 3.02. The average molecular weight is 590 g/mol. The Labute approximate surface area is 218 Å². The Hall–Kier alpha value is -3.68. The second-order valence-electron chi connectivity index (χ2n) is 7.15. The van der Waals surface area contributed by atoms with Crippen molar-refractivity contribution in [2.75, 3.05) is 7.11 Å². The molecule has 0 bridgehead atoms. The number of nitrogens with zero attached hydrogens (tertiary/aromatic N) is 2. The highest BCUT2D eigenvalue weighted by Crippen LogP contribution is 2.33. The van der Waals surface area contributed by atoms with Crippen LogP contribution in [-0.2, 0) is 14.9 Å². The number of carbonyl (C=O) groups is 1. The Bertz CT molecular complexity index is 1520. The van der Waals surface area contributed by atoms with Gasteiger partial charge in [0, 0.05) is 22.2 Å². The smallest absolute Gasteiger partial charge is 0.339 e. The molecule has 0 saturated carbocycles. The van der Waals surface area contributed by atoms with Crippen LogP contribution in [0.4, 0.5) is 11.4 Å². The van der Waals surface area contributed by atoms with Crippen LogP contribution in [-0.4, -0.2) is 31.5 Å². The molecule has 0 aromatic heterocycles. The third kappa shape index (κ3) is 5.93. The fourth-order valence-corrected chi connectivity index (χ4v) is 5.23. The molecule has 0 radical (unpaired) electrons. The molecule has 1 amide bonds. The average Bonchev–Trinajstić information content (AvgIpc) is 3.19. The summed E-state index contributed by atoms with van der Waals surface area (Å²) in [6, 6.07) is 16.0. The molecule has 10 nitrogen and oxygen atoms in total. The standard InChI is InChI=1S/C23H16BrN3O7S2/c1-33-18-8-6-16(7-9-18)25-23-26-22(28)21(35-23)12-14-11-15(24)5-10-20(14)34-36(31,32)19-4-2-3-17(13-19)27(29)30/h2-13H,1H3,(H,25,26,28)/b21-12-. The van der Waals surface area contributed by atoms with Crippen molar-refractivity contribution in [3.8, 4) is 11.5 Å². The number of methoxy groups -OCH3 is 1. The first kappa shape index (κ1) is 25.4. The van der Waals surface area contributed by atoms with Gasteiger partial charge in [-0.05, 0) is 66.4 Å². The maximum Gasteiger partial charge on any atom is 0.339 e. The van der Waals surface area contributed by atoms with Gasteiger partial charge in [0.2, 0.25) is 0 Å². The number of nitro groups is 1. The molecular weight excluding hydrogens is 574 g/mol. The number of nitrogens with one attached hydrogen (secondary N) is 1. The third-order valence-corrected chi connectivity index (χ3v) is 7.36. The Morgan fingerprint density at radius 2 is 1.86 bits per heavy atom. The van der Waals surface area contributed by atoms with Gasteiger partial charge >= 0.3 is 10.1 Å². The molecule has 3 aromatic rings. The minimum atomic E-state index is -4.40. The zero-order valence-corrected chi connectivity index (χ0v) is 21.6. The lowest BCUT2D eigenvalue weighted by Crippen LogP contribution is -2.19. The molecule has 1 fully saturated rings. The van der Waals surface area contributed by atoms with E-state index in [-0.39, 0.29) is 21.2 Å². The lowest BCUT2D eigenvalue weighted by Gasteiger charge is -2.10. The van der Waals surface area contributed by atoms with Crippen LogP contribution in [0.25, 0.3) is 6.08 Å². The normalized spacial score (nSPS) is 15.7. The van der Waals surface area contributed by atoms with Gasteiger partial charge in [-0.1, -0.05) is 22.0 Å². The first-order chi connectivity index (χ1) is 17.1. The van der Waals surface area contributed by atoms with Crippen LogP contribution < -0.4 is 14.2 Å². The van der Waals surface area contributed by atoms with E-state index in [4.69, 9.17) is 8.92 Å². The van der Waals surface area contributed by atoms with Crippen molar-refractivity contribution >= 4 is 66.3 Å². The lowest BCUT2D eigenvalue weighted by molar-refractivity contribution is -0.385. The van der Waals surface area contributed by atoms with Crippen LogP contribution in [0.15, 0.2) is 86.0 Å². The lowest BCUT2D eigenvalue weighted by atomic mass is 10.2. The van der Waals surface area contributed by atoms with Crippen molar-refractivity contribution in [3.05, 3.63) is 91.8 Å². The first-order valence-electron chi connectivity index (χ1n) is 10.1. The summed E-state index contributed by atoms with van der Waals surface area (Å²) in [6.45, 7) is 0. The molecule has 36 heavy (non-hydrogen) atoms. The Morgan fingerprint density at radius 3 is 2.56 bits per heavy atom. The monoisotopic (exact) mass is 589 g/mol. The second-order valence-corrected chi connectivity index (χ2v) is 10.6. The maximum absolute atomic E-state index is 12.8.